The summed E-state index contributed by atoms with van der Waals surface area (Å²) in [6, 6.07) is 0.921. The van der Waals surface area contributed by atoms with Crippen molar-refractivity contribution in [1.29, 1.82) is 0 Å². The molecule has 0 spiro atoms. The van der Waals surface area contributed by atoms with E-state index in [9.17, 15) is 4.79 Å². The van der Waals surface area contributed by atoms with Crippen LogP contribution in [0.1, 0.15) is 51.4 Å². The number of carbonyl (C=O) groups is 1. The maximum absolute atomic E-state index is 12.5. The van der Waals surface area contributed by atoms with Gasteiger partial charge >= 0.3 is 6.03 Å². The molecule has 2 heterocycles. The summed E-state index contributed by atoms with van der Waals surface area (Å²) in [7, 11) is 0. The molecule has 3 rings (SSSR count). The topological polar surface area (TPSA) is 23.6 Å². The lowest BCUT2D eigenvalue weighted by molar-refractivity contribution is 0.0681. The van der Waals surface area contributed by atoms with Gasteiger partial charge in [0, 0.05) is 25.7 Å². The molecule has 3 heteroatoms. The lowest BCUT2D eigenvalue weighted by Crippen LogP contribution is -2.53. The molecule has 3 aliphatic rings. The molecule has 3 fully saturated rings. The highest BCUT2D eigenvalue weighted by Crippen LogP contribution is 2.35. The van der Waals surface area contributed by atoms with Crippen LogP contribution < -0.4 is 0 Å². The highest BCUT2D eigenvalue weighted by Gasteiger charge is 2.37. The third kappa shape index (κ3) is 2.16. The van der Waals surface area contributed by atoms with Crippen LogP contribution in [0.15, 0.2) is 0 Å². The molecular formula is C14H24N2O. The predicted molar refractivity (Wildman–Crippen MR) is 67.9 cm³/mol. The van der Waals surface area contributed by atoms with Gasteiger partial charge in [-0.05, 0) is 44.4 Å². The summed E-state index contributed by atoms with van der Waals surface area (Å²) >= 11 is 0. The van der Waals surface area contributed by atoms with E-state index in [1.807, 2.05) is 0 Å². The first-order valence-electron chi connectivity index (χ1n) is 7.42. The third-order valence-corrected chi connectivity index (χ3v) is 4.87. The Morgan fingerprint density at radius 1 is 0.824 bits per heavy atom. The Hall–Kier alpha value is -0.730. The quantitative estimate of drug-likeness (QED) is 0.634. The van der Waals surface area contributed by atoms with Gasteiger partial charge in [-0.25, -0.2) is 4.79 Å². The van der Waals surface area contributed by atoms with Crippen LogP contribution in [0.2, 0.25) is 0 Å². The van der Waals surface area contributed by atoms with Crippen LogP contribution in [0.4, 0.5) is 4.79 Å². The Kier molecular flexibility index (Phi) is 3.26. The van der Waals surface area contributed by atoms with Gasteiger partial charge in [0.05, 0.1) is 0 Å². The number of fused-ring (bicyclic) bond motifs is 1. The van der Waals surface area contributed by atoms with E-state index in [4.69, 9.17) is 0 Å². The number of hydrogen-bond acceptors (Lipinski definition) is 1. The van der Waals surface area contributed by atoms with Gasteiger partial charge in [-0.1, -0.05) is 12.8 Å². The minimum Gasteiger partial charge on any atom is -0.325 e. The van der Waals surface area contributed by atoms with Crippen LogP contribution in [-0.2, 0) is 0 Å². The van der Waals surface area contributed by atoms with E-state index in [0.29, 0.717) is 12.1 Å². The fourth-order valence-electron chi connectivity index (χ4n) is 3.95. The molecule has 0 radical (unpaired) electrons. The molecule has 0 N–H and O–H groups in total. The van der Waals surface area contributed by atoms with Crippen molar-refractivity contribution < 1.29 is 4.79 Å². The highest BCUT2D eigenvalue weighted by atomic mass is 16.2. The maximum atomic E-state index is 12.5. The zero-order valence-corrected chi connectivity index (χ0v) is 10.7. The third-order valence-electron chi connectivity index (χ3n) is 4.87. The molecule has 0 aromatic rings. The van der Waals surface area contributed by atoms with E-state index in [2.05, 4.69) is 9.80 Å². The zero-order chi connectivity index (χ0) is 11.7. The molecule has 3 nitrogen and oxygen atoms in total. The number of carbonyl (C=O) groups excluding carboxylic acids is 1. The summed E-state index contributed by atoms with van der Waals surface area (Å²) in [5.41, 5.74) is 0. The second-order valence-electron chi connectivity index (χ2n) is 5.92. The van der Waals surface area contributed by atoms with Crippen molar-refractivity contribution in [1.82, 2.24) is 9.80 Å². The Labute approximate surface area is 104 Å². The zero-order valence-electron chi connectivity index (χ0n) is 10.7. The van der Waals surface area contributed by atoms with E-state index in [1.54, 1.807) is 0 Å². The molecule has 1 aliphatic carbocycles. The van der Waals surface area contributed by atoms with Crippen molar-refractivity contribution in [2.75, 3.05) is 19.6 Å². The van der Waals surface area contributed by atoms with Gasteiger partial charge in [-0.3, -0.25) is 0 Å². The second-order valence-corrected chi connectivity index (χ2v) is 5.92. The van der Waals surface area contributed by atoms with Crippen molar-refractivity contribution in [3.63, 3.8) is 0 Å². The van der Waals surface area contributed by atoms with Crippen LogP contribution in [0.5, 0.6) is 0 Å². The number of urea groups is 1. The maximum Gasteiger partial charge on any atom is 0.320 e. The first-order valence-corrected chi connectivity index (χ1v) is 7.42. The standard InChI is InChI=1S/C14H24N2O/c17-14(15-9-3-4-10-15)16-11-5-7-12-6-1-2-8-13(12)16/h12-13H,1-11H2/t12-,13-/m1/s1. The molecule has 0 aromatic heterocycles. The Morgan fingerprint density at radius 3 is 2.35 bits per heavy atom. The van der Waals surface area contributed by atoms with Gasteiger partial charge in [0.15, 0.2) is 0 Å². The molecule has 17 heavy (non-hydrogen) atoms. The first-order chi connectivity index (χ1) is 8.36. The SMILES string of the molecule is O=C(N1CCCC1)N1CCC[C@H]2CCCC[C@H]21. The van der Waals surface area contributed by atoms with Gasteiger partial charge in [0.2, 0.25) is 0 Å². The molecule has 96 valence electrons. The molecule has 0 unspecified atom stereocenters. The average Bonchev–Trinajstić information content (AvgIpc) is 2.91. The molecule has 1 saturated carbocycles. The van der Waals surface area contributed by atoms with Crippen LogP contribution in [0.3, 0.4) is 0 Å². The van der Waals surface area contributed by atoms with Crippen LogP contribution in [-0.4, -0.2) is 41.5 Å². The van der Waals surface area contributed by atoms with E-state index in [1.165, 1.54) is 51.4 Å². The Balaban J connectivity index is 1.69. The van der Waals surface area contributed by atoms with E-state index < -0.39 is 0 Å². The number of nitrogens with zero attached hydrogens (tertiary/aromatic N) is 2. The lowest BCUT2D eigenvalue weighted by atomic mass is 9.78. The average molecular weight is 236 g/mol. The first kappa shape index (κ1) is 11.4. The van der Waals surface area contributed by atoms with E-state index >= 15 is 0 Å². The number of likely N-dealkylation sites (tertiary alicyclic amines) is 2. The van der Waals surface area contributed by atoms with Gasteiger partial charge in [0.25, 0.3) is 0 Å². The summed E-state index contributed by atoms with van der Waals surface area (Å²) in [4.78, 5) is 16.8. The molecule has 2 saturated heterocycles. The fraction of sp³-hybridized carbons (Fsp3) is 0.929. The fourth-order valence-corrected chi connectivity index (χ4v) is 3.95. The van der Waals surface area contributed by atoms with Crippen LogP contribution in [0, 0.1) is 5.92 Å². The second kappa shape index (κ2) is 4.87. The van der Waals surface area contributed by atoms with Crippen molar-refractivity contribution in [3.8, 4) is 0 Å². The van der Waals surface area contributed by atoms with Crippen LogP contribution in [0.25, 0.3) is 0 Å². The van der Waals surface area contributed by atoms with Crippen molar-refractivity contribution in [3.05, 3.63) is 0 Å². The number of piperidine rings is 1. The number of rotatable bonds is 0. The molecule has 0 aromatic carbocycles. The van der Waals surface area contributed by atoms with Gasteiger partial charge < -0.3 is 9.80 Å². The highest BCUT2D eigenvalue weighted by molar-refractivity contribution is 5.75. The lowest BCUT2D eigenvalue weighted by Gasteiger charge is -2.45. The smallest absolute Gasteiger partial charge is 0.320 e. The minimum atomic E-state index is 0.346. The summed E-state index contributed by atoms with van der Waals surface area (Å²) in [6.45, 7) is 3.00. The summed E-state index contributed by atoms with van der Waals surface area (Å²) < 4.78 is 0. The Morgan fingerprint density at radius 2 is 1.53 bits per heavy atom. The van der Waals surface area contributed by atoms with Gasteiger partial charge in [-0.2, -0.15) is 0 Å². The minimum absolute atomic E-state index is 0.346. The van der Waals surface area contributed by atoms with Crippen molar-refractivity contribution in [2.24, 2.45) is 5.92 Å². The Bertz CT molecular complexity index is 284. The molecule has 2 amide bonds. The summed E-state index contributed by atoms with van der Waals surface area (Å²) in [5, 5.41) is 0. The normalized spacial score (nSPS) is 33.6. The van der Waals surface area contributed by atoms with Crippen LogP contribution >= 0.6 is 0 Å². The van der Waals surface area contributed by atoms with Gasteiger partial charge in [0.1, 0.15) is 0 Å². The number of amides is 2. The van der Waals surface area contributed by atoms with Crippen molar-refractivity contribution >= 4 is 6.03 Å². The van der Waals surface area contributed by atoms with E-state index in [0.717, 1.165) is 25.6 Å². The summed E-state index contributed by atoms with van der Waals surface area (Å²) in [5.74, 6) is 0.809. The molecule has 0 bridgehead atoms. The largest absolute Gasteiger partial charge is 0.325 e. The van der Waals surface area contributed by atoms with Gasteiger partial charge in [-0.15, -0.1) is 0 Å². The molecule has 2 aliphatic heterocycles. The number of hydrogen-bond donors (Lipinski definition) is 0. The summed E-state index contributed by atoms with van der Waals surface area (Å²) in [6.07, 6.45) is 10.3. The molecule has 2 atom stereocenters. The van der Waals surface area contributed by atoms with Crippen molar-refractivity contribution in [2.45, 2.75) is 57.4 Å². The predicted octanol–water partition coefficient (Wildman–Crippen LogP) is 2.86. The monoisotopic (exact) mass is 236 g/mol. The van der Waals surface area contributed by atoms with E-state index in [-0.39, 0.29) is 0 Å². The molecular weight excluding hydrogens is 212 g/mol.